The molecule has 10 heteroatoms. The second-order valence-corrected chi connectivity index (χ2v) is 8.60. The third-order valence-electron chi connectivity index (χ3n) is 4.32. The summed E-state index contributed by atoms with van der Waals surface area (Å²) in [6, 6.07) is 6.52. The second-order valence-electron chi connectivity index (χ2n) is 6.45. The van der Waals surface area contributed by atoms with Gasteiger partial charge in [0.25, 0.3) is 0 Å². The van der Waals surface area contributed by atoms with Crippen LogP contribution in [-0.2, 0) is 17.1 Å². The highest BCUT2D eigenvalue weighted by Gasteiger charge is 2.17. The normalized spacial score (nSPS) is 12.0. The first-order chi connectivity index (χ1) is 13.4. The summed E-state index contributed by atoms with van der Waals surface area (Å²) in [4.78, 5) is 9.08. The number of hydrogen-bond donors (Lipinski definition) is 1. The molecule has 0 fully saturated rings. The number of sulfonamides is 1. The Labute approximate surface area is 162 Å². The molecule has 0 saturated heterocycles. The molecule has 3 heterocycles. The van der Waals surface area contributed by atoms with Crippen molar-refractivity contribution in [2.75, 3.05) is 19.4 Å². The van der Waals surface area contributed by atoms with E-state index in [1.54, 1.807) is 47.5 Å². The predicted octanol–water partition coefficient (Wildman–Crippen LogP) is 2.12. The van der Waals surface area contributed by atoms with Gasteiger partial charge in [0.15, 0.2) is 11.5 Å². The van der Waals surface area contributed by atoms with Crippen molar-refractivity contribution in [2.24, 2.45) is 7.05 Å². The molecule has 0 saturated carbocycles. The molecule has 0 spiro atoms. The summed E-state index contributed by atoms with van der Waals surface area (Å²) in [7, 11) is 1.41. The van der Waals surface area contributed by atoms with Crippen molar-refractivity contribution in [1.29, 1.82) is 0 Å². The molecule has 4 aromatic rings. The number of nitrogens with one attached hydrogen (secondary N) is 1. The van der Waals surface area contributed by atoms with Gasteiger partial charge in [0.1, 0.15) is 0 Å². The second kappa shape index (κ2) is 6.73. The first-order valence-corrected chi connectivity index (χ1v) is 9.91. The van der Waals surface area contributed by atoms with Gasteiger partial charge in [-0.15, -0.1) is 0 Å². The van der Waals surface area contributed by atoms with Gasteiger partial charge in [-0.1, -0.05) is 0 Å². The Kier molecular flexibility index (Phi) is 4.36. The lowest BCUT2D eigenvalue weighted by Crippen LogP contribution is -2.22. The van der Waals surface area contributed by atoms with Gasteiger partial charge in [-0.3, -0.25) is 9.08 Å². The monoisotopic (exact) mass is 397 g/mol. The number of imidazole rings is 1. The summed E-state index contributed by atoms with van der Waals surface area (Å²) in [5.41, 5.74) is 3.22. The van der Waals surface area contributed by atoms with Crippen molar-refractivity contribution >= 4 is 27.2 Å². The average Bonchev–Trinajstić information content (AvgIpc) is 3.28. The predicted molar refractivity (Wildman–Crippen MR) is 106 cm³/mol. The summed E-state index contributed by atoms with van der Waals surface area (Å²) >= 11 is 0. The highest BCUT2D eigenvalue weighted by Crippen LogP contribution is 2.25. The fraction of sp³-hybridized carbons (Fsp3) is 0.167. The lowest BCUT2D eigenvalue weighted by Gasteiger charge is -2.12. The topological polar surface area (TPSA) is 97.4 Å². The lowest BCUT2D eigenvalue weighted by atomic mass is 10.3. The molecule has 0 amide bonds. The number of aryl methyl sites for hydroxylation is 1. The number of hydrogen-bond acceptors (Lipinski definition) is 6. The van der Waals surface area contributed by atoms with Crippen LogP contribution in [0.3, 0.4) is 0 Å². The maximum atomic E-state index is 12.2. The minimum Gasteiger partial charge on any atom is -0.337 e. The molecule has 0 aliphatic heterocycles. The highest BCUT2D eigenvalue weighted by atomic mass is 32.2. The Morgan fingerprint density at radius 3 is 2.46 bits per heavy atom. The smallest absolute Gasteiger partial charge is 0.242 e. The van der Waals surface area contributed by atoms with E-state index in [1.807, 2.05) is 23.8 Å². The molecule has 0 atom stereocenters. The minimum atomic E-state index is -3.46. The van der Waals surface area contributed by atoms with Crippen LogP contribution < -0.4 is 5.32 Å². The summed E-state index contributed by atoms with van der Waals surface area (Å²) in [6.07, 6.45) is 8.98. The Morgan fingerprint density at radius 1 is 1.07 bits per heavy atom. The average molecular weight is 397 g/mol. The highest BCUT2D eigenvalue weighted by molar-refractivity contribution is 7.89. The maximum Gasteiger partial charge on any atom is 0.242 e. The number of fused-ring (bicyclic) bond motifs is 1. The van der Waals surface area contributed by atoms with Crippen LogP contribution in [0.5, 0.6) is 0 Å². The molecule has 0 aliphatic carbocycles. The van der Waals surface area contributed by atoms with Crippen LogP contribution in [0.25, 0.3) is 16.9 Å². The maximum absolute atomic E-state index is 12.2. The van der Waals surface area contributed by atoms with Gasteiger partial charge >= 0.3 is 0 Å². The van der Waals surface area contributed by atoms with Crippen LogP contribution in [-0.4, -0.2) is 51.0 Å². The molecule has 4 rings (SSSR count). The molecule has 0 bridgehead atoms. The van der Waals surface area contributed by atoms with Crippen molar-refractivity contribution in [3.63, 3.8) is 0 Å². The third kappa shape index (κ3) is 3.12. The zero-order valence-electron chi connectivity index (χ0n) is 15.6. The molecular weight excluding hydrogens is 378 g/mol. The van der Waals surface area contributed by atoms with Gasteiger partial charge in [0.05, 0.1) is 23.0 Å². The summed E-state index contributed by atoms with van der Waals surface area (Å²) in [5, 5.41) is 7.40. The van der Waals surface area contributed by atoms with E-state index in [1.165, 1.54) is 18.4 Å². The van der Waals surface area contributed by atoms with Crippen molar-refractivity contribution in [3.05, 3.63) is 55.2 Å². The van der Waals surface area contributed by atoms with E-state index in [9.17, 15) is 8.42 Å². The van der Waals surface area contributed by atoms with Crippen LogP contribution in [0, 0.1) is 0 Å². The van der Waals surface area contributed by atoms with Crippen LogP contribution in [0.1, 0.15) is 0 Å². The van der Waals surface area contributed by atoms with E-state index in [0.29, 0.717) is 17.2 Å². The molecule has 1 aromatic carbocycles. The fourth-order valence-electron chi connectivity index (χ4n) is 2.83. The molecule has 28 heavy (non-hydrogen) atoms. The van der Waals surface area contributed by atoms with Gasteiger partial charge < -0.3 is 5.32 Å². The van der Waals surface area contributed by atoms with E-state index in [0.717, 1.165) is 11.3 Å². The van der Waals surface area contributed by atoms with Gasteiger partial charge in [0.2, 0.25) is 10.0 Å². The van der Waals surface area contributed by atoms with Gasteiger partial charge in [-0.05, 0) is 24.3 Å². The molecule has 0 unspecified atom stereocenters. The largest absolute Gasteiger partial charge is 0.337 e. The molecule has 9 nitrogen and oxygen atoms in total. The molecule has 0 radical (unpaired) electrons. The zero-order chi connectivity index (χ0) is 19.9. The van der Waals surface area contributed by atoms with Crippen molar-refractivity contribution in [3.8, 4) is 11.3 Å². The van der Waals surface area contributed by atoms with Crippen molar-refractivity contribution in [1.82, 2.24) is 28.5 Å². The Morgan fingerprint density at radius 2 is 1.82 bits per heavy atom. The molecule has 144 valence electrons. The van der Waals surface area contributed by atoms with Gasteiger partial charge in [-0.25, -0.2) is 22.7 Å². The number of rotatable bonds is 5. The van der Waals surface area contributed by atoms with Crippen LogP contribution >= 0.6 is 0 Å². The first kappa shape index (κ1) is 18.1. The number of nitrogens with zero attached hydrogens (tertiary/aromatic N) is 6. The van der Waals surface area contributed by atoms with E-state index in [2.05, 4.69) is 20.4 Å². The molecule has 1 N–H and O–H groups in total. The molecule has 0 aliphatic rings. The molecular formula is C18H19N7O2S. The Bertz CT molecular complexity index is 1240. The van der Waals surface area contributed by atoms with Gasteiger partial charge in [0, 0.05) is 51.0 Å². The number of anilines is 2. The van der Waals surface area contributed by atoms with E-state index >= 15 is 0 Å². The fourth-order valence-corrected chi connectivity index (χ4v) is 3.73. The van der Waals surface area contributed by atoms with Crippen molar-refractivity contribution < 1.29 is 8.42 Å². The van der Waals surface area contributed by atoms with Gasteiger partial charge in [-0.2, -0.15) is 5.10 Å². The molecule has 3 aromatic heterocycles. The van der Waals surface area contributed by atoms with Crippen molar-refractivity contribution in [2.45, 2.75) is 4.90 Å². The zero-order valence-corrected chi connectivity index (χ0v) is 16.4. The third-order valence-corrected chi connectivity index (χ3v) is 6.15. The first-order valence-electron chi connectivity index (χ1n) is 8.47. The van der Waals surface area contributed by atoms with E-state index in [-0.39, 0.29) is 4.90 Å². The van der Waals surface area contributed by atoms with Crippen LogP contribution in [0.2, 0.25) is 0 Å². The summed E-state index contributed by atoms with van der Waals surface area (Å²) < 4.78 is 29.2. The van der Waals surface area contributed by atoms with E-state index in [4.69, 9.17) is 0 Å². The standard InChI is InChI=1S/C18H19N7O2S/c1-23(2)28(26,27)15-6-4-14(5-7-15)22-17-18-20-11-16(25(18)9-8-19-17)13-10-21-24(3)12-13/h4-12H,1-3H3,(H,19,22). The lowest BCUT2D eigenvalue weighted by molar-refractivity contribution is 0.521. The minimum absolute atomic E-state index is 0.230. The Hall–Kier alpha value is -3.24. The number of benzene rings is 1. The van der Waals surface area contributed by atoms with Crippen LogP contribution in [0.15, 0.2) is 60.1 Å². The Balaban J connectivity index is 1.66. The SMILES string of the molecule is CN(C)S(=O)(=O)c1ccc(Nc2nccn3c(-c4cnn(C)c4)cnc23)cc1. The summed E-state index contributed by atoms with van der Waals surface area (Å²) in [6.45, 7) is 0. The summed E-state index contributed by atoms with van der Waals surface area (Å²) in [5.74, 6) is 0.570. The van der Waals surface area contributed by atoms with Crippen LogP contribution in [0.4, 0.5) is 11.5 Å². The van der Waals surface area contributed by atoms with E-state index < -0.39 is 10.0 Å². The number of aromatic nitrogens is 5. The quantitative estimate of drug-likeness (QED) is 0.554.